The van der Waals surface area contributed by atoms with E-state index in [1.807, 2.05) is 6.92 Å². The first kappa shape index (κ1) is 29.4. The topological polar surface area (TPSA) is 93.1 Å². The number of carbonyl (C=O) groups is 2. The lowest BCUT2D eigenvalue weighted by atomic mass is 9.32. The maximum Gasteiger partial charge on any atom is 0.333 e. The number of carboxylic acid groups (broad SMARTS) is 1. The normalized spacial score (nSPS) is 51.8. The SMILES string of the molecule is CC=C(C)C(=O)OC1CC(C)C(C)C2C3=CCC4C56CCC(O)(OC5)C(C)(C)C6CCC4(C)C3(C)CCC12C(=O)O. The molecule has 0 aromatic carbocycles. The Morgan fingerprint density at radius 1 is 1.05 bits per heavy atom. The summed E-state index contributed by atoms with van der Waals surface area (Å²) in [7, 11) is 0. The van der Waals surface area contributed by atoms with Crippen molar-refractivity contribution in [1.82, 2.24) is 0 Å². The number of hydrogen-bond donors (Lipinski definition) is 2. The standard InChI is InChI=1S/C35H52O6/c1-9-20(2)28(36)41-26-18-21(3)22(4)27-23-10-11-25-32(8,31(23,7)14-16-34(26,27)29(37)38)13-12-24-30(5,6)35(39)17-15-33(24,25)19-40-35/h9-10,21-22,24-27,39H,11-19H2,1-8H3,(H,37,38). The van der Waals surface area contributed by atoms with Crippen LogP contribution in [0.1, 0.15) is 107 Å². The Bertz CT molecular complexity index is 1200. The monoisotopic (exact) mass is 568 g/mol. The highest BCUT2D eigenvalue weighted by molar-refractivity contribution is 5.88. The highest BCUT2D eigenvalue weighted by atomic mass is 16.6. The van der Waals surface area contributed by atoms with E-state index in [1.54, 1.807) is 13.0 Å². The Balaban J connectivity index is 1.45. The minimum atomic E-state index is -1.11. The Labute approximate surface area is 246 Å². The van der Waals surface area contributed by atoms with Gasteiger partial charge in [0.25, 0.3) is 0 Å². The average molecular weight is 569 g/mol. The Morgan fingerprint density at radius 3 is 2.37 bits per heavy atom. The van der Waals surface area contributed by atoms with Gasteiger partial charge in [-0.2, -0.15) is 0 Å². The third-order valence-electron chi connectivity index (χ3n) is 14.9. The number of rotatable bonds is 3. The molecule has 228 valence electrons. The lowest BCUT2D eigenvalue weighted by molar-refractivity contribution is -0.395. The van der Waals surface area contributed by atoms with E-state index in [1.165, 1.54) is 5.57 Å². The fraction of sp³-hybridized carbons (Fsp3) is 0.829. The second-order valence-electron chi connectivity index (χ2n) is 16.1. The number of hydrogen-bond acceptors (Lipinski definition) is 5. The first-order valence-electron chi connectivity index (χ1n) is 16.2. The summed E-state index contributed by atoms with van der Waals surface area (Å²) < 4.78 is 12.5. The van der Waals surface area contributed by atoms with Gasteiger partial charge in [-0.3, -0.25) is 4.79 Å². The molecular formula is C35H52O6. The summed E-state index contributed by atoms with van der Waals surface area (Å²) in [5.74, 6) is -1.18. The molecule has 2 saturated heterocycles. The number of aliphatic hydroxyl groups is 1. The number of carbonyl (C=O) groups excluding carboxylic acids is 1. The second-order valence-corrected chi connectivity index (χ2v) is 16.1. The van der Waals surface area contributed by atoms with Crippen LogP contribution < -0.4 is 0 Å². The summed E-state index contributed by atoms with van der Waals surface area (Å²) in [5.41, 5.74) is 0.306. The maximum absolute atomic E-state index is 13.5. The molecule has 0 aromatic rings. The predicted octanol–water partition coefficient (Wildman–Crippen LogP) is 6.92. The highest BCUT2D eigenvalue weighted by Gasteiger charge is 2.75. The van der Waals surface area contributed by atoms with Gasteiger partial charge >= 0.3 is 11.9 Å². The van der Waals surface area contributed by atoms with Gasteiger partial charge in [-0.05, 0) is 93.3 Å². The van der Waals surface area contributed by atoms with Crippen molar-refractivity contribution in [2.45, 2.75) is 119 Å². The molecule has 2 bridgehead atoms. The molecule has 41 heavy (non-hydrogen) atoms. The number of ether oxygens (including phenoxy) is 2. The number of allylic oxidation sites excluding steroid dienone is 3. The molecule has 6 heteroatoms. The molecule has 11 unspecified atom stereocenters. The van der Waals surface area contributed by atoms with Crippen molar-refractivity contribution >= 4 is 11.9 Å². The van der Waals surface area contributed by atoms with E-state index in [9.17, 15) is 19.8 Å². The highest BCUT2D eigenvalue weighted by Crippen LogP contribution is 2.78. The molecule has 4 saturated carbocycles. The average Bonchev–Trinajstić information content (AvgIpc) is 2.91. The van der Waals surface area contributed by atoms with Gasteiger partial charge in [-0.15, -0.1) is 0 Å². The molecule has 2 aliphatic heterocycles. The fourth-order valence-electron chi connectivity index (χ4n) is 11.8. The van der Waals surface area contributed by atoms with Gasteiger partial charge in [-0.25, -0.2) is 4.79 Å². The van der Waals surface area contributed by atoms with Gasteiger partial charge in [0.2, 0.25) is 0 Å². The molecule has 2 N–H and O–H groups in total. The summed E-state index contributed by atoms with van der Waals surface area (Å²) in [6, 6.07) is 0. The molecule has 0 radical (unpaired) electrons. The van der Waals surface area contributed by atoms with Crippen LogP contribution in [0.5, 0.6) is 0 Å². The smallest absolute Gasteiger partial charge is 0.333 e. The number of aliphatic carboxylic acids is 1. The van der Waals surface area contributed by atoms with E-state index in [-0.39, 0.29) is 39.4 Å². The molecule has 5 aliphatic carbocycles. The quantitative estimate of drug-likeness (QED) is 0.218. The molecule has 1 spiro atoms. The zero-order valence-corrected chi connectivity index (χ0v) is 26.5. The van der Waals surface area contributed by atoms with Crippen molar-refractivity contribution < 1.29 is 29.3 Å². The van der Waals surface area contributed by atoms with E-state index in [2.05, 4.69) is 47.6 Å². The van der Waals surface area contributed by atoms with Crippen molar-refractivity contribution in [1.29, 1.82) is 0 Å². The molecule has 0 amide bonds. The number of esters is 1. The summed E-state index contributed by atoms with van der Waals surface area (Å²) in [6.07, 6.45) is 10.2. The van der Waals surface area contributed by atoms with Crippen LogP contribution in [0.3, 0.4) is 0 Å². The Morgan fingerprint density at radius 2 is 1.76 bits per heavy atom. The van der Waals surface area contributed by atoms with Crippen LogP contribution >= 0.6 is 0 Å². The maximum atomic E-state index is 13.5. The minimum absolute atomic E-state index is 0.00139. The predicted molar refractivity (Wildman–Crippen MR) is 157 cm³/mol. The van der Waals surface area contributed by atoms with Gasteiger partial charge in [0.1, 0.15) is 11.5 Å². The van der Waals surface area contributed by atoms with Crippen LogP contribution in [0.15, 0.2) is 23.3 Å². The van der Waals surface area contributed by atoms with Crippen LogP contribution in [-0.2, 0) is 19.1 Å². The van der Waals surface area contributed by atoms with E-state index >= 15 is 0 Å². The zero-order chi connectivity index (χ0) is 30.0. The van der Waals surface area contributed by atoms with Gasteiger partial charge in [0.05, 0.1) is 6.61 Å². The van der Waals surface area contributed by atoms with Crippen LogP contribution in [0.25, 0.3) is 0 Å². The summed E-state index contributed by atoms with van der Waals surface area (Å²) in [4.78, 5) is 26.5. The van der Waals surface area contributed by atoms with Gasteiger partial charge in [0, 0.05) is 28.7 Å². The lowest BCUT2D eigenvalue weighted by Gasteiger charge is -2.74. The first-order chi connectivity index (χ1) is 19.1. The molecule has 6 fully saturated rings. The Kier molecular flexibility index (Phi) is 6.41. The second kappa shape index (κ2) is 8.94. The van der Waals surface area contributed by atoms with Crippen molar-refractivity contribution in [3.05, 3.63) is 23.3 Å². The van der Waals surface area contributed by atoms with Crippen LogP contribution in [-0.4, -0.2) is 40.6 Å². The third kappa shape index (κ3) is 3.38. The van der Waals surface area contributed by atoms with E-state index < -0.39 is 29.2 Å². The molecule has 0 aromatic heterocycles. The largest absolute Gasteiger partial charge is 0.481 e. The van der Waals surface area contributed by atoms with Crippen molar-refractivity contribution in [3.8, 4) is 0 Å². The minimum Gasteiger partial charge on any atom is -0.481 e. The molecule has 7 rings (SSSR count). The summed E-state index contributed by atoms with van der Waals surface area (Å²) in [5, 5.41) is 22.5. The molecular weight excluding hydrogens is 516 g/mol. The molecule has 7 aliphatic rings. The van der Waals surface area contributed by atoms with Gasteiger partial charge in [0.15, 0.2) is 5.79 Å². The first-order valence-corrected chi connectivity index (χ1v) is 16.2. The third-order valence-corrected chi connectivity index (χ3v) is 14.9. The Hall–Kier alpha value is -1.66. The van der Waals surface area contributed by atoms with E-state index in [0.29, 0.717) is 43.3 Å². The van der Waals surface area contributed by atoms with E-state index in [4.69, 9.17) is 9.47 Å². The van der Waals surface area contributed by atoms with E-state index in [0.717, 1.165) is 32.1 Å². The molecule has 11 atom stereocenters. The zero-order valence-electron chi connectivity index (χ0n) is 26.5. The van der Waals surface area contributed by atoms with Gasteiger partial charge < -0.3 is 19.7 Å². The summed E-state index contributed by atoms with van der Waals surface area (Å²) in [6.45, 7) is 18.0. The number of carboxylic acids is 1. The van der Waals surface area contributed by atoms with Gasteiger partial charge in [-0.1, -0.05) is 59.3 Å². The molecule has 6 nitrogen and oxygen atoms in total. The lowest BCUT2D eigenvalue weighted by Crippen LogP contribution is -2.73. The van der Waals surface area contributed by atoms with Crippen LogP contribution in [0.4, 0.5) is 0 Å². The summed E-state index contributed by atoms with van der Waals surface area (Å²) >= 11 is 0. The van der Waals surface area contributed by atoms with Crippen molar-refractivity contribution in [2.75, 3.05) is 6.61 Å². The van der Waals surface area contributed by atoms with Crippen LogP contribution in [0.2, 0.25) is 0 Å². The van der Waals surface area contributed by atoms with Crippen molar-refractivity contribution in [2.24, 2.45) is 56.7 Å². The van der Waals surface area contributed by atoms with Crippen LogP contribution in [0, 0.1) is 56.7 Å². The fourth-order valence-corrected chi connectivity index (χ4v) is 11.8. The number of fused-ring (bicyclic) bond motifs is 7. The van der Waals surface area contributed by atoms with Crippen molar-refractivity contribution in [3.63, 3.8) is 0 Å². The molecule has 2 heterocycles.